The van der Waals surface area contributed by atoms with Crippen molar-refractivity contribution in [2.75, 3.05) is 26.3 Å². The molecule has 0 saturated carbocycles. The van der Waals surface area contributed by atoms with Crippen LogP contribution >= 0.6 is 11.9 Å². The molecule has 0 saturated heterocycles. The summed E-state index contributed by atoms with van der Waals surface area (Å²) in [5, 5.41) is 19.0. The number of hydrogen-bond donors (Lipinski definition) is 2. The first kappa shape index (κ1) is 20.6. The van der Waals surface area contributed by atoms with E-state index in [4.69, 9.17) is 0 Å². The van der Waals surface area contributed by atoms with Gasteiger partial charge < -0.3 is 10.2 Å². The predicted octanol–water partition coefficient (Wildman–Crippen LogP) is 4.30. The van der Waals surface area contributed by atoms with Gasteiger partial charge in [0, 0.05) is 19.7 Å². The summed E-state index contributed by atoms with van der Waals surface area (Å²) in [4.78, 5) is 0. The lowest BCUT2D eigenvalue weighted by Crippen LogP contribution is -2.33. The molecular formula is C24H27NO2S. The van der Waals surface area contributed by atoms with Crippen LogP contribution in [0.2, 0.25) is 0 Å². The largest absolute Gasteiger partial charge is 0.396 e. The quantitative estimate of drug-likeness (QED) is 0.398. The second-order valence-electron chi connectivity index (χ2n) is 6.60. The zero-order chi connectivity index (χ0) is 19.7. The molecule has 0 fully saturated rings. The highest BCUT2D eigenvalue weighted by Gasteiger charge is 2.39. The van der Waals surface area contributed by atoms with E-state index in [2.05, 4.69) is 77.1 Å². The molecule has 0 atom stereocenters. The second kappa shape index (κ2) is 10.4. The second-order valence-corrected chi connectivity index (χ2v) is 7.91. The first-order valence-corrected chi connectivity index (χ1v) is 10.4. The van der Waals surface area contributed by atoms with E-state index in [0.717, 1.165) is 0 Å². The molecule has 0 aliphatic carbocycles. The van der Waals surface area contributed by atoms with E-state index in [1.54, 1.807) is 11.9 Å². The summed E-state index contributed by atoms with van der Waals surface area (Å²) in [6.07, 6.45) is 0.668. The smallest absolute Gasteiger partial charge is 0.105 e. The van der Waals surface area contributed by atoms with Crippen LogP contribution in [-0.2, 0) is 4.75 Å². The average molecular weight is 394 g/mol. The third-order valence-electron chi connectivity index (χ3n) is 4.72. The van der Waals surface area contributed by atoms with Crippen LogP contribution in [0.3, 0.4) is 0 Å². The van der Waals surface area contributed by atoms with Crippen LogP contribution in [0, 0.1) is 0 Å². The molecule has 0 radical (unpaired) electrons. The maximum absolute atomic E-state index is 9.63. The van der Waals surface area contributed by atoms with Gasteiger partial charge in [-0.15, -0.1) is 0 Å². The first-order valence-electron chi connectivity index (χ1n) is 9.63. The summed E-state index contributed by atoms with van der Waals surface area (Å²) in [5.74, 6) is 0. The van der Waals surface area contributed by atoms with Crippen molar-refractivity contribution >= 4 is 11.9 Å². The van der Waals surface area contributed by atoms with Gasteiger partial charge in [0.25, 0.3) is 0 Å². The summed E-state index contributed by atoms with van der Waals surface area (Å²) in [6.45, 7) is 1.46. The molecule has 2 N–H and O–H groups in total. The van der Waals surface area contributed by atoms with E-state index in [0.29, 0.717) is 19.5 Å². The van der Waals surface area contributed by atoms with Gasteiger partial charge >= 0.3 is 0 Å². The molecule has 0 aliphatic heterocycles. The number of hydrogen-bond acceptors (Lipinski definition) is 4. The highest BCUT2D eigenvalue weighted by Crippen LogP contribution is 2.49. The minimum absolute atomic E-state index is 0.0763. The molecule has 0 amide bonds. The molecule has 3 aromatic carbocycles. The van der Waals surface area contributed by atoms with Crippen LogP contribution in [-0.4, -0.2) is 40.8 Å². The Morgan fingerprint density at radius 2 is 1.04 bits per heavy atom. The van der Waals surface area contributed by atoms with Crippen molar-refractivity contribution in [1.29, 1.82) is 0 Å². The SMILES string of the molecule is OCCCN(CCO)SC(c1ccccc1)(c1ccccc1)c1ccccc1. The third-order valence-corrected chi connectivity index (χ3v) is 6.33. The van der Waals surface area contributed by atoms with E-state index in [1.807, 2.05) is 18.2 Å². The highest BCUT2D eigenvalue weighted by molar-refractivity contribution is 7.98. The van der Waals surface area contributed by atoms with Crippen molar-refractivity contribution in [3.8, 4) is 0 Å². The third kappa shape index (κ3) is 4.65. The molecule has 0 aliphatic rings. The van der Waals surface area contributed by atoms with Crippen LogP contribution < -0.4 is 0 Å². The number of aliphatic hydroxyl groups is 2. The Balaban J connectivity index is 2.18. The van der Waals surface area contributed by atoms with E-state index in [9.17, 15) is 10.2 Å². The minimum Gasteiger partial charge on any atom is -0.396 e. The monoisotopic (exact) mass is 393 g/mol. The molecule has 146 valence electrons. The van der Waals surface area contributed by atoms with Crippen molar-refractivity contribution in [3.05, 3.63) is 108 Å². The van der Waals surface area contributed by atoms with Crippen molar-refractivity contribution in [3.63, 3.8) is 0 Å². The van der Waals surface area contributed by atoms with Gasteiger partial charge in [-0.2, -0.15) is 0 Å². The van der Waals surface area contributed by atoms with Gasteiger partial charge in [0.2, 0.25) is 0 Å². The molecule has 3 nitrogen and oxygen atoms in total. The summed E-state index contributed by atoms with van der Waals surface area (Å²) < 4.78 is 1.72. The Hall–Kier alpha value is -2.11. The maximum atomic E-state index is 9.63. The van der Waals surface area contributed by atoms with Crippen LogP contribution in [0.4, 0.5) is 0 Å². The van der Waals surface area contributed by atoms with Gasteiger partial charge in [-0.25, -0.2) is 4.31 Å². The molecular weight excluding hydrogens is 366 g/mol. The highest BCUT2D eigenvalue weighted by atomic mass is 32.2. The minimum atomic E-state index is -0.450. The Morgan fingerprint density at radius 3 is 1.39 bits per heavy atom. The van der Waals surface area contributed by atoms with E-state index in [1.165, 1.54) is 16.7 Å². The lowest BCUT2D eigenvalue weighted by atomic mass is 9.84. The molecule has 0 bridgehead atoms. The van der Waals surface area contributed by atoms with Gasteiger partial charge in [-0.1, -0.05) is 103 Å². The standard InChI is InChI=1S/C24H27NO2S/c26-19-10-17-25(18-20-27)28-24(21-11-4-1-5-12-21,22-13-6-2-7-14-22)23-15-8-3-9-16-23/h1-9,11-16,26-27H,10,17-20H2. The Kier molecular flexibility index (Phi) is 7.69. The van der Waals surface area contributed by atoms with Crippen LogP contribution in [0.5, 0.6) is 0 Å². The lowest BCUT2D eigenvalue weighted by Gasteiger charge is -2.39. The van der Waals surface area contributed by atoms with E-state index < -0.39 is 4.75 Å². The summed E-state index contributed by atoms with van der Waals surface area (Å²) >= 11 is 1.72. The fraction of sp³-hybridized carbons (Fsp3) is 0.250. The molecule has 28 heavy (non-hydrogen) atoms. The first-order chi connectivity index (χ1) is 13.8. The van der Waals surface area contributed by atoms with Crippen molar-refractivity contribution < 1.29 is 10.2 Å². The fourth-order valence-corrected chi connectivity index (χ4v) is 4.94. The summed E-state index contributed by atoms with van der Waals surface area (Å²) in [6, 6.07) is 31.5. The summed E-state index contributed by atoms with van der Waals surface area (Å²) in [5.41, 5.74) is 3.55. The lowest BCUT2D eigenvalue weighted by molar-refractivity contribution is 0.240. The van der Waals surface area contributed by atoms with Gasteiger partial charge in [0.05, 0.1) is 6.61 Å². The zero-order valence-electron chi connectivity index (χ0n) is 15.9. The molecule has 0 heterocycles. The van der Waals surface area contributed by atoms with E-state index >= 15 is 0 Å². The molecule has 3 rings (SSSR count). The summed E-state index contributed by atoms with van der Waals surface area (Å²) in [7, 11) is 0. The maximum Gasteiger partial charge on any atom is 0.105 e. The van der Waals surface area contributed by atoms with Crippen molar-refractivity contribution in [2.24, 2.45) is 0 Å². The molecule has 3 aromatic rings. The fourth-order valence-electron chi connectivity index (χ4n) is 3.43. The van der Waals surface area contributed by atoms with Crippen molar-refractivity contribution in [1.82, 2.24) is 4.31 Å². The number of benzene rings is 3. The van der Waals surface area contributed by atoms with Crippen LogP contribution in [0.25, 0.3) is 0 Å². The van der Waals surface area contributed by atoms with Gasteiger partial charge in [0.15, 0.2) is 0 Å². The predicted molar refractivity (Wildman–Crippen MR) is 117 cm³/mol. The van der Waals surface area contributed by atoms with Crippen LogP contribution in [0.15, 0.2) is 91.0 Å². The van der Waals surface area contributed by atoms with E-state index in [-0.39, 0.29) is 13.2 Å². The molecule has 4 heteroatoms. The Morgan fingerprint density at radius 1 is 0.607 bits per heavy atom. The molecule has 0 spiro atoms. The van der Waals surface area contributed by atoms with Crippen LogP contribution in [0.1, 0.15) is 23.1 Å². The number of aliphatic hydroxyl groups excluding tert-OH is 2. The number of nitrogens with zero attached hydrogens (tertiary/aromatic N) is 1. The van der Waals surface area contributed by atoms with Gasteiger partial charge in [-0.05, 0) is 23.1 Å². The topological polar surface area (TPSA) is 43.7 Å². The Bertz CT molecular complexity index is 715. The van der Waals surface area contributed by atoms with Crippen molar-refractivity contribution in [2.45, 2.75) is 11.2 Å². The number of rotatable bonds is 10. The Labute approximate surface area is 171 Å². The average Bonchev–Trinajstić information content (AvgIpc) is 2.77. The normalized spacial score (nSPS) is 11.7. The molecule has 0 aromatic heterocycles. The zero-order valence-corrected chi connectivity index (χ0v) is 16.8. The van der Waals surface area contributed by atoms with Gasteiger partial charge in [0.1, 0.15) is 4.75 Å². The molecule has 0 unspecified atom stereocenters. The van der Waals surface area contributed by atoms with Gasteiger partial charge in [-0.3, -0.25) is 0 Å².